The molecular weight excluding hydrogens is 280 g/mol. The third-order valence-electron chi connectivity index (χ3n) is 3.94. The predicted molar refractivity (Wildman–Crippen MR) is 86.1 cm³/mol. The summed E-state index contributed by atoms with van der Waals surface area (Å²) in [6, 6.07) is 6.98. The van der Waals surface area contributed by atoms with E-state index in [0.29, 0.717) is 25.1 Å². The summed E-state index contributed by atoms with van der Waals surface area (Å²) < 4.78 is 1.94. The van der Waals surface area contributed by atoms with Crippen molar-refractivity contribution < 1.29 is 14.7 Å². The van der Waals surface area contributed by atoms with Crippen molar-refractivity contribution in [2.75, 3.05) is 0 Å². The summed E-state index contributed by atoms with van der Waals surface area (Å²) in [5.41, 5.74) is 2.43. The molecule has 1 unspecified atom stereocenters. The second-order valence-electron chi connectivity index (χ2n) is 5.39. The first-order chi connectivity index (χ1) is 10.5. The van der Waals surface area contributed by atoms with Crippen molar-refractivity contribution in [3.05, 3.63) is 35.5 Å². The van der Waals surface area contributed by atoms with E-state index < -0.39 is 12.0 Å². The highest BCUT2D eigenvalue weighted by Gasteiger charge is 2.24. The Morgan fingerprint density at radius 3 is 2.55 bits per heavy atom. The van der Waals surface area contributed by atoms with Gasteiger partial charge in [-0.15, -0.1) is 0 Å². The monoisotopic (exact) mass is 302 g/mol. The van der Waals surface area contributed by atoms with E-state index in [4.69, 9.17) is 0 Å². The lowest BCUT2D eigenvalue weighted by Gasteiger charge is -2.15. The van der Waals surface area contributed by atoms with E-state index in [1.165, 1.54) is 0 Å². The van der Waals surface area contributed by atoms with Crippen molar-refractivity contribution in [1.29, 1.82) is 0 Å². The average molecular weight is 302 g/mol. The quantitative estimate of drug-likeness (QED) is 0.861. The molecule has 0 saturated carbocycles. The molecule has 2 rings (SSSR count). The first-order valence-electron chi connectivity index (χ1n) is 7.62. The predicted octanol–water partition coefficient (Wildman–Crippen LogP) is 2.95. The Kier molecular flexibility index (Phi) is 4.85. The standard InChI is InChI=1S/C17H22N2O3/c1-4-8-13(17(21)22)18-16(20)15-11(3)12-9-6-7-10-14(12)19(15)5-2/h6-7,9-10,13H,4-5,8H2,1-3H3,(H,18,20)(H,21,22). The number of carboxylic acid groups (broad SMARTS) is 1. The molecule has 5 heteroatoms. The zero-order valence-corrected chi connectivity index (χ0v) is 13.2. The number of carboxylic acids is 1. The fourth-order valence-corrected chi connectivity index (χ4v) is 2.87. The summed E-state index contributed by atoms with van der Waals surface area (Å²) in [7, 11) is 0. The molecule has 5 nitrogen and oxygen atoms in total. The van der Waals surface area contributed by atoms with Crippen molar-refractivity contribution in [3.63, 3.8) is 0 Å². The van der Waals surface area contributed by atoms with E-state index in [0.717, 1.165) is 16.5 Å². The molecule has 1 heterocycles. The highest BCUT2D eigenvalue weighted by Crippen LogP contribution is 2.25. The summed E-state index contributed by atoms with van der Waals surface area (Å²) in [4.78, 5) is 23.9. The highest BCUT2D eigenvalue weighted by molar-refractivity contribution is 6.02. The molecule has 0 bridgehead atoms. The number of nitrogens with zero attached hydrogens (tertiary/aromatic N) is 1. The summed E-state index contributed by atoms with van der Waals surface area (Å²) in [6.45, 7) is 6.43. The number of carbonyl (C=O) groups is 2. The number of hydrogen-bond donors (Lipinski definition) is 2. The van der Waals surface area contributed by atoms with Crippen LogP contribution in [0.15, 0.2) is 24.3 Å². The lowest BCUT2D eigenvalue weighted by atomic mass is 10.1. The molecule has 0 saturated heterocycles. The third-order valence-corrected chi connectivity index (χ3v) is 3.94. The van der Waals surface area contributed by atoms with Crippen LogP contribution in [-0.2, 0) is 11.3 Å². The van der Waals surface area contributed by atoms with Gasteiger partial charge in [-0.1, -0.05) is 31.5 Å². The van der Waals surface area contributed by atoms with Gasteiger partial charge in [-0.25, -0.2) is 4.79 Å². The number of para-hydroxylation sites is 1. The van der Waals surface area contributed by atoms with Crippen LogP contribution in [0, 0.1) is 6.92 Å². The lowest BCUT2D eigenvalue weighted by molar-refractivity contribution is -0.139. The van der Waals surface area contributed by atoms with Crippen molar-refractivity contribution in [2.45, 2.75) is 46.2 Å². The number of fused-ring (bicyclic) bond motifs is 1. The summed E-state index contributed by atoms with van der Waals surface area (Å²) in [5, 5.41) is 12.9. The minimum Gasteiger partial charge on any atom is -0.480 e. The number of nitrogens with one attached hydrogen (secondary N) is 1. The van der Waals surface area contributed by atoms with Gasteiger partial charge in [0, 0.05) is 17.4 Å². The fourth-order valence-electron chi connectivity index (χ4n) is 2.87. The topological polar surface area (TPSA) is 71.3 Å². The minimum atomic E-state index is -0.994. The van der Waals surface area contributed by atoms with Crippen molar-refractivity contribution in [2.24, 2.45) is 0 Å². The van der Waals surface area contributed by atoms with Crippen molar-refractivity contribution >= 4 is 22.8 Å². The van der Waals surface area contributed by atoms with Gasteiger partial charge in [0.15, 0.2) is 0 Å². The SMILES string of the molecule is CCCC(NC(=O)c1c(C)c2ccccc2n1CC)C(=O)O. The Labute approximate surface area is 129 Å². The van der Waals surface area contributed by atoms with Gasteiger partial charge >= 0.3 is 5.97 Å². The molecule has 0 fully saturated rings. The summed E-state index contributed by atoms with van der Waals surface area (Å²) >= 11 is 0. The third kappa shape index (κ3) is 2.84. The van der Waals surface area contributed by atoms with Crippen LogP contribution < -0.4 is 5.32 Å². The maximum atomic E-state index is 12.6. The van der Waals surface area contributed by atoms with Crippen LogP contribution in [0.2, 0.25) is 0 Å². The number of benzene rings is 1. The summed E-state index contributed by atoms with van der Waals surface area (Å²) in [6.07, 6.45) is 1.12. The lowest BCUT2D eigenvalue weighted by Crippen LogP contribution is -2.41. The normalized spacial score (nSPS) is 12.3. The van der Waals surface area contributed by atoms with Crippen LogP contribution in [0.5, 0.6) is 0 Å². The van der Waals surface area contributed by atoms with Crippen LogP contribution >= 0.6 is 0 Å². The van der Waals surface area contributed by atoms with Gasteiger partial charge in [-0.3, -0.25) is 4.79 Å². The first kappa shape index (κ1) is 16.1. The molecular formula is C17H22N2O3. The number of carbonyl (C=O) groups excluding carboxylic acids is 1. The van der Waals surface area contributed by atoms with E-state index in [1.807, 2.05) is 49.6 Å². The van der Waals surface area contributed by atoms with Gasteiger partial charge in [0.05, 0.1) is 0 Å². The maximum Gasteiger partial charge on any atom is 0.326 e. The van der Waals surface area contributed by atoms with Gasteiger partial charge < -0.3 is 15.0 Å². The molecule has 0 radical (unpaired) electrons. The smallest absolute Gasteiger partial charge is 0.326 e. The molecule has 0 aliphatic heterocycles. The van der Waals surface area contributed by atoms with Gasteiger partial charge in [0.1, 0.15) is 11.7 Å². The largest absolute Gasteiger partial charge is 0.480 e. The van der Waals surface area contributed by atoms with E-state index >= 15 is 0 Å². The molecule has 2 N–H and O–H groups in total. The van der Waals surface area contributed by atoms with Crippen LogP contribution in [0.25, 0.3) is 10.9 Å². The molecule has 0 aliphatic rings. The number of rotatable bonds is 6. The number of aliphatic carboxylic acids is 1. The Bertz CT molecular complexity index is 703. The van der Waals surface area contributed by atoms with Crippen molar-refractivity contribution in [3.8, 4) is 0 Å². The van der Waals surface area contributed by atoms with Gasteiger partial charge in [-0.2, -0.15) is 0 Å². The maximum absolute atomic E-state index is 12.6. The Morgan fingerprint density at radius 2 is 1.95 bits per heavy atom. The van der Waals surface area contributed by atoms with Gasteiger partial charge in [-0.05, 0) is 31.9 Å². The molecule has 2 aromatic rings. The van der Waals surface area contributed by atoms with Crippen LogP contribution in [0.3, 0.4) is 0 Å². The number of amides is 1. The molecule has 0 spiro atoms. The zero-order chi connectivity index (χ0) is 16.3. The first-order valence-corrected chi connectivity index (χ1v) is 7.62. The Balaban J connectivity index is 2.43. The number of hydrogen-bond acceptors (Lipinski definition) is 2. The van der Waals surface area contributed by atoms with E-state index in [-0.39, 0.29) is 5.91 Å². The van der Waals surface area contributed by atoms with Crippen LogP contribution in [-0.4, -0.2) is 27.6 Å². The van der Waals surface area contributed by atoms with E-state index in [9.17, 15) is 14.7 Å². The minimum absolute atomic E-state index is 0.323. The Morgan fingerprint density at radius 1 is 1.27 bits per heavy atom. The van der Waals surface area contributed by atoms with Gasteiger partial charge in [0.2, 0.25) is 0 Å². The van der Waals surface area contributed by atoms with E-state index in [1.54, 1.807) is 0 Å². The molecule has 22 heavy (non-hydrogen) atoms. The molecule has 1 aromatic heterocycles. The number of aromatic nitrogens is 1. The van der Waals surface area contributed by atoms with Crippen molar-refractivity contribution in [1.82, 2.24) is 9.88 Å². The average Bonchev–Trinajstić information content (AvgIpc) is 2.79. The molecule has 118 valence electrons. The zero-order valence-electron chi connectivity index (χ0n) is 13.2. The number of aryl methyl sites for hydroxylation is 2. The molecule has 1 atom stereocenters. The highest BCUT2D eigenvalue weighted by atomic mass is 16.4. The Hall–Kier alpha value is -2.30. The second-order valence-corrected chi connectivity index (χ2v) is 5.39. The van der Waals surface area contributed by atoms with Gasteiger partial charge in [0.25, 0.3) is 5.91 Å². The molecule has 1 amide bonds. The van der Waals surface area contributed by atoms with E-state index in [2.05, 4.69) is 5.32 Å². The molecule has 1 aromatic carbocycles. The fraction of sp³-hybridized carbons (Fsp3) is 0.412. The molecule has 0 aliphatic carbocycles. The van der Waals surface area contributed by atoms with Crippen LogP contribution in [0.4, 0.5) is 0 Å². The van der Waals surface area contributed by atoms with Crippen LogP contribution in [0.1, 0.15) is 42.7 Å². The summed E-state index contributed by atoms with van der Waals surface area (Å²) in [5.74, 6) is -1.32. The second kappa shape index (κ2) is 6.64.